The van der Waals surface area contributed by atoms with Gasteiger partial charge in [-0.2, -0.15) is 0 Å². The average molecular weight is 360 g/mol. The molecule has 1 saturated heterocycles. The quantitative estimate of drug-likeness (QED) is 0.812. The van der Waals surface area contributed by atoms with Crippen molar-refractivity contribution in [3.8, 4) is 0 Å². The Kier molecular flexibility index (Phi) is 4.65. The highest BCUT2D eigenvalue weighted by Gasteiger charge is 2.36. The van der Waals surface area contributed by atoms with E-state index in [2.05, 4.69) is 0 Å². The lowest BCUT2D eigenvalue weighted by Gasteiger charge is -2.24. The van der Waals surface area contributed by atoms with Gasteiger partial charge in [0.25, 0.3) is 0 Å². The summed E-state index contributed by atoms with van der Waals surface area (Å²) < 4.78 is 37.0. The van der Waals surface area contributed by atoms with Crippen LogP contribution in [0.3, 0.4) is 0 Å². The molecule has 1 saturated carbocycles. The summed E-state index contributed by atoms with van der Waals surface area (Å²) in [4.78, 5) is 14.2. The van der Waals surface area contributed by atoms with Crippen LogP contribution in [0.5, 0.6) is 0 Å². The van der Waals surface area contributed by atoms with E-state index in [0.717, 1.165) is 12.8 Å². The summed E-state index contributed by atoms with van der Waals surface area (Å²) in [5, 5.41) is 0.312. The highest BCUT2D eigenvalue weighted by molar-refractivity contribution is 7.91. The summed E-state index contributed by atoms with van der Waals surface area (Å²) >= 11 is 6.05. The van der Waals surface area contributed by atoms with Crippen molar-refractivity contribution in [3.63, 3.8) is 0 Å². The first-order valence-electron chi connectivity index (χ1n) is 7.78. The molecule has 1 aliphatic heterocycles. The van der Waals surface area contributed by atoms with Crippen molar-refractivity contribution >= 4 is 27.3 Å². The Morgan fingerprint density at radius 1 is 1.30 bits per heavy atom. The van der Waals surface area contributed by atoms with Gasteiger partial charge in [-0.1, -0.05) is 17.7 Å². The van der Waals surface area contributed by atoms with E-state index < -0.39 is 15.7 Å². The molecule has 1 unspecified atom stereocenters. The fourth-order valence-corrected chi connectivity index (χ4v) is 5.14. The Hall–Kier alpha value is -1.14. The number of sulfone groups is 1. The summed E-state index contributed by atoms with van der Waals surface area (Å²) in [5.41, 5.74) is 0.327. The molecule has 2 aliphatic rings. The third-order valence-electron chi connectivity index (χ3n) is 4.49. The van der Waals surface area contributed by atoms with Crippen LogP contribution in [0.15, 0.2) is 18.2 Å². The van der Waals surface area contributed by atoms with E-state index in [1.54, 1.807) is 11.0 Å². The maximum absolute atomic E-state index is 14.0. The molecule has 7 heteroatoms. The van der Waals surface area contributed by atoms with Crippen molar-refractivity contribution in [3.05, 3.63) is 34.6 Å². The zero-order valence-corrected chi connectivity index (χ0v) is 14.2. The summed E-state index contributed by atoms with van der Waals surface area (Å²) in [6.45, 7) is 0.147. The van der Waals surface area contributed by atoms with Crippen LogP contribution in [0.25, 0.3) is 0 Å². The van der Waals surface area contributed by atoms with Crippen LogP contribution in [0, 0.1) is 11.7 Å². The predicted octanol–water partition coefficient (Wildman–Crippen LogP) is 2.79. The molecular formula is C16H19ClFNO3S. The van der Waals surface area contributed by atoms with Gasteiger partial charge in [0.05, 0.1) is 18.1 Å². The van der Waals surface area contributed by atoms with Crippen molar-refractivity contribution in [2.75, 3.05) is 11.5 Å². The third-order valence-corrected chi connectivity index (χ3v) is 6.68. The molecule has 1 amide bonds. The van der Waals surface area contributed by atoms with Gasteiger partial charge in [-0.05, 0) is 37.3 Å². The van der Waals surface area contributed by atoms with Crippen LogP contribution in [0.1, 0.15) is 31.2 Å². The number of rotatable bonds is 5. The summed E-state index contributed by atoms with van der Waals surface area (Å²) in [6.07, 6.45) is 2.55. The highest BCUT2D eigenvalue weighted by Crippen LogP contribution is 2.32. The number of amides is 1. The minimum absolute atomic E-state index is 0.0811. The van der Waals surface area contributed by atoms with Crippen LogP contribution in [0.4, 0.5) is 4.39 Å². The van der Waals surface area contributed by atoms with E-state index in [1.165, 1.54) is 12.1 Å². The van der Waals surface area contributed by atoms with Crippen molar-refractivity contribution in [1.82, 2.24) is 4.90 Å². The van der Waals surface area contributed by atoms with Gasteiger partial charge >= 0.3 is 0 Å². The predicted molar refractivity (Wildman–Crippen MR) is 86.4 cm³/mol. The molecule has 1 heterocycles. The fraction of sp³-hybridized carbons (Fsp3) is 0.562. The SMILES string of the molecule is O=C(CC1CCS(=O)(=O)C1)N(Cc1c(F)cccc1Cl)C1CC1. The Morgan fingerprint density at radius 3 is 2.61 bits per heavy atom. The van der Waals surface area contributed by atoms with Crippen molar-refractivity contribution < 1.29 is 17.6 Å². The Balaban J connectivity index is 1.71. The van der Waals surface area contributed by atoms with Crippen molar-refractivity contribution in [1.29, 1.82) is 0 Å². The van der Waals surface area contributed by atoms with Gasteiger partial charge in [0.15, 0.2) is 9.84 Å². The number of carbonyl (C=O) groups is 1. The van der Waals surface area contributed by atoms with Crippen molar-refractivity contribution in [2.24, 2.45) is 5.92 Å². The number of nitrogens with zero attached hydrogens (tertiary/aromatic N) is 1. The van der Waals surface area contributed by atoms with Crippen LogP contribution in [-0.4, -0.2) is 36.8 Å². The molecule has 4 nitrogen and oxygen atoms in total. The lowest BCUT2D eigenvalue weighted by Crippen LogP contribution is -2.34. The van der Waals surface area contributed by atoms with Gasteiger partial charge in [0, 0.05) is 23.0 Å². The van der Waals surface area contributed by atoms with E-state index in [9.17, 15) is 17.6 Å². The summed E-state index contributed by atoms with van der Waals surface area (Å²) in [7, 11) is -3.00. The first-order valence-corrected chi connectivity index (χ1v) is 9.98. The van der Waals surface area contributed by atoms with Gasteiger partial charge in [-0.3, -0.25) is 4.79 Å². The number of halogens is 2. The second-order valence-corrected chi connectivity index (χ2v) is 9.06. The number of hydrogen-bond donors (Lipinski definition) is 0. The Labute approximate surface area is 140 Å². The minimum Gasteiger partial charge on any atom is -0.335 e. The van der Waals surface area contributed by atoms with E-state index in [1.807, 2.05) is 0 Å². The topological polar surface area (TPSA) is 54.5 Å². The van der Waals surface area contributed by atoms with E-state index in [0.29, 0.717) is 17.0 Å². The zero-order valence-electron chi connectivity index (χ0n) is 12.7. The maximum atomic E-state index is 14.0. The second kappa shape index (κ2) is 6.40. The van der Waals surface area contributed by atoms with Crippen LogP contribution >= 0.6 is 11.6 Å². The molecule has 0 bridgehead atoms. The van der Waals surface area contributed by atoms with Crippen LogP contribution < -0.4 is 0 Å². The van der Waals surface area contributed by atoms with Crippen LogP contribution in [-0.2, 0) is 21.2 Å². The van der Waals surface area contributed by atoms with E-state index >= 15 is 0 Å². The minimum atomic E-state index is -3.00. The van der Waals surface area contributed by atoms with Crippen LogP contribution in [0.2, 0.25) is 5.02 Å². The van der Waals surface area contributed by atoms with Gasteiger partial charge in [0.2, 0.25) is 5.91 Å². The molecule has 0 radical (unpaired) electrons. The summed E-state index contributed by atoms with van der Waals surface area (Å²) in [6, 6.07) is 4.60. The molecule has 3 rings (SSSR count). The maximum Gasteiger partial charge on any atom is 0.223 e. The first-order chi connectivity index (χ1) is 10.9. The molecule has 126 valence electrons. The normalized spacial score (nSPS) is 23.0. The molecule has 1 aliphatic carbocycles. The standard InChI is InChI=1S/C16H19ClFNO3S/c17-14-2-1-3-15(18)13(14)9-19(12-4-5-12)16(20)8-11-6-7-23(21,22)10-11/h1-3,11-12H,4-10H2. The average Bonchev–Trinajstić information content (AvgIpc) is 3.23. The van der Waals surface area contributed by atoms with Crippen molar-refractivity contribution in [2.45, 2.75) is 38.3 Å². The smallest absolute Gasteiger partial charge is 0.223 e. The third kappa shape index (κ3) is 4.04. The number of hydrogen-bond acceptors (Lipinski definition) is 3. The lowest BCUT2D eigenvalue weighted by atomic mass is 10.0. The Bertz CT molecular complexity index is 698. The monoisotopic (exact) mass is 359 g/mol. The molecule has 1 aromatic rings. The zero-order chi connectivity index (χ0) is 16.6. The van der Waals surface area contributed by atoms with Gasteiger partial charge in [-0.15, -0.1) is 0 Å². The summed E-state index contributed by atoms with van der Waals surface area (Å²) in [5.74, 6) is -0.399. The van der Waals surface area contributed by atoms with Gasteiger partial charge in [-0.25, -0.2) is 12.8 Å². The fourth-order valence-electron chi connectivity index (χ4n) is 3.06. The first kappa shape index (κ1) is 16.7. The molecule has 0 aromatic heterocycles. The van der Waals surface area contributed by atoms with E-state index in [4.69, 9.17) is 11.6 Å². The lowest BCUT2D eigenvalue weighted by molar-refractivity contribution is -0.133. The van der Waals surface area contributed by atoms with E-state index in [-0.39, 0.29) is 42.3 Å². The Morgan fingerprint density at radius 2 is 2.04 bits per heavy atom. The molecule has 0 spiro atoms. The number of benzene rings is 1. The molecule has 0 N–H and O–H groups in total. The molecule has 1 aromatic carbocycles. The van der Waals surface area contributed by atoms with Gasteiger partial charge in [0.1, 0.15) is 5.82 Å². The largest absolute Gasteiger partial charge is 0.335 e. The molecule has 23 heavy (non-hydrogen) atoms. The second-order valence-electron chi connectivity index (χ2n) is 6.43. The van der Waals surface area contributed by atoms with Gasteiger partial charge < -0.3 is 4.90 Å². The number of carbonyl (C=O) groups excluding carboxylic acids is 1. The molecule has 2 fully saturated rings. The highest BCUT2D eigenvalue weighted by atomic mass is 35.5. The molecular weight excluding hydrogens is 341 g/mol. The molecule has 1 atom stereocenters.